The number of nitrogens with zero attached hydrogens (tertiary/aromatic N) is 2. The van der Waals surface area contributed by atoms with E-state index >= 15 is 0 Å². The summed E-state index contributed by atoms with van der Waals surface area (Å²) >= 11 is 0. The summed E-state index contributed by atoms with van der Waals surface area (Å²) in [5, 5.41) is 14.2. The van der Waals surface area contributed by atoms with Crippen LogP contribution in [-0.2, 0) is 0 Å². The maximum absolute atomic E-state index is 3.98. The molecule has 9 rings (SSSR count). The highest BCUT2D eigenvalue weighted by Gasteiger charge is 2.30. The summed E-state index contributed by atoms with van der Waals surface area (Å²) in [7, 11) is 0. The quantitative estimate of drug-likeness (QED) is 0.232. The molecule has 0 bridgehead atoms. The van der Waals surface area contributed by atoms with E-state index in [-0.39, 0.29) is 12.3 Å². The fraction of sp³-hybridized carbons (Fsp3) is 0.0556. The Morgan fingerprint density at radius 2 is 1.40 bits per heavy atom. The van der Waals surface area contributed by atoms with Crippen molar-refractivity contribution in [3.63, 3.8) is 0 Å². The van der Waals surface area contributed by atoms with Crippen LogP contribution in [0.3, 0.4) is 0 Å². The van der Waals surface area contributed by atoms with Crippen molar-refractivity contribution < 1.29 is 0 Å². The summed E-state index contributed by atoms with van der Waals surface area (Å²) in [4.78, 5) is 0. The summed E-state index contributed by atoms with van der Waals surface area (Å²) in [6.07, 6.45) is 2.07. The number of nitrogens with one attached hydrogen (secondary N) is 2. The Morgan fingerprint density at radius 1 is 0.600 bits per heavy atom. The van der Waals surface area contributed by atoms with Crippen LogP contribution in [0.4, 0.5) is 5.69 Å². The predicted molar refractivity (Wildman–Crippen MR) is 165 cm³/mol. The van der Waals surface area contributed by atoms with Gasteiger partial charge in [-0.15, -0.1) is 0 Å². The molecule has 0 fully saturated rings. The topological polar surface area (TPSA) is 33.9 Å². The molecule has 4 nitrogen and oxygen atoms in total. The molecular weight excluding hydrogens is 488 g/mol. The third-order valence-corrected chi connectivity index (χ3v) is 8.58. The SMILES string of the molecule is c1ccc(C2NC(n3c4cccc5ccc6c(c54)c3cc3ccn(-c4ccccc4)c36)Nc3ccccc32)cc1. The van der Waals surface area contributed by atoms with E-state index in [9.17, 15) is 0 Å². The highest BCUT2D eigenvalue weighted by Crippen LogP contribution is 2.44. The van der Waals surface area contributed by atoms with Crippen LogP contribution in [0.15, 0.2) is 134 Å². The van der Waals surface area contributed by atoms with Crippen molar-refractivity contribution in [1.29, 1.82) is 0 Å². The maximum Gasteiger partial charge on any atom is 0.160 e. The van der Waals surface area contributed by atoms with Gasteiger partial charge in [-0.05, 0) is 52.9 Å². The van der Waals surface area contributed by atoms with Crippen LogP contribution in [0, 0.1) is 0 Å². The second-order valence-electron chi connectivity index (χ2n) is 10.7. The summed E-state index contributed by atoms with van der Waals surface area (Å²) in [5.41, 5.74) is 8.58. The van der Waals surface area contributed by atoms with E-state index in [1.54, 1.807) is 0 Å². The van der Waals surface area contributed by atoms with Gasteiger partial charge in [0.05, 0.1) is 22.6 Å². The van der Waals surface area contributed by atoms with Gasteiger partial charge in [-0.25, -0.2) is 0 Å². The van der Waals surface area contributed by atoms with E-state index < -0.39 is 0 Å². The highest BCUT2D eigenvalue weighted by atomic mass is 15.3. The molecule has 0 amide bonds. The third-order valence-electron chi connectivity index (χ3n) is 8.58. The molecule has 0 radical (unpaired) electrons. The van der Waals surface area contributed by atoms with Crippen molar-refractivity contribution in [2.75, 3.05) is 5.32 Å². The second-order valence-corrected chi connectivity index (χ2v) is 10.7. The zero-order valence-corrected chi connectivity index (χ0v) is 21.8. The molecule has 1 aliphatic heterocycles. The zero-order chi connectivity index (χ0) is 26.2. The third kappa shape index (κ3) is 2.99. The average Bonchev–Trinajstić information content (AvgIpc) is 3.60. The van der Waals surface area contributed by atoms with Gasteiger partial charge in [0, 0.05) is 39.1 Å². The van der Waals surface area contributed by atoms with Crippen LogP contribution in [0.5, 0.6) is 0 Å². The summed E-state index contributed by atoms with van der Waals surface area (Å²) in [6, 6.07) is 46.0. The molecule has 8 aromatic rings. The molecule has 3 heterocycles. The Kier molecular flexibility index (Phi) is 4.48. The van der Waals surface area contributed by atoms with E-state index in [1.165, 1.54) is 60.3 Å². The lowest BCUT2D eigenvalue weighted by Gasteiger charge is -2.36. The van der Waals surface area contributed by atoms with Crippen LogP contribution < -0.4 is 10.6 Å². The Bertz CT molecular complexity index is 2170. The average molecular weight is 515 g/mol. The zero-order valence-electron chi connectivity index (χ0n) is 21.8. The lowest BCUT2D eigenvalue weighted by Crippen LogP contribution is -2.40. The van der Waals surface area contributed by atoms with E-state index in [0.717, 1.165) is 5.69 Å². The van der Waals surface area contributed by atoms with Gasteiger partial charge in [0.2, 0.25) is 0 Å². The lowest BCUT2D eigenvalue weighted by molar-refractivity contribution is 0.417. The van der Waals surface area contributed by atoms with Crippen molar-refractivity contribution in [3.8, 4) is 5.69 Å². The molecule has 2 N–H and O–H groups in total. The van der Waals surface area contributed by atoms with Gasteiger partial charge in [0.15, 0.2) is 6.29 Å². The van der Waals surface area contributed by atoms with Gasteiger partial charge in [-0.1, -0.05) is 91.0 Å². The van der Waals surface area contributed by atoms with Crippen molar-refractivity contribution >= 4 is 49.2 Å². The molecule has 0 spiro atoms. The lowest BCUT2D eigenvalue weighted by atomic mass is 9.95. The molecule has 1 aliphatic rings. The second kappa shape index (κ2) is 8.22. The number of para-hydroxylation sites is 2. The Morgan fingerprint density at radius 3 is 2.27 bits per heavy atom. The molecule has 4 heteroatoms. The van der Waals surface area contributed by atoms with Crippen LogP contribution >= 0.6 is 0 Å². The molecule has 2 aromatic heterocycles. The number of benzene rings is 6. The van der Waals surface area contributed by atoms with Crippen molar-refractivity contribution in [2.45, 2.75) is 12.3 Å². The van der Waals surface area contributed by atoms with Crippen LogP contribution in [0.1, 0.15) is 23.5 Å². The monoisotopic (exact) mass is 514 g/mol. The highest BCUT2D eigenvalue weighted by molar-refractivity contribution is 6.29. The number of hydrogen-bond donors (Lipinski definition) is 2. The first-order valence-electron chi connectivity index (χ1n) is 13.9. The fourth-order valence-electron chi connectivity index (χ4n) is 6.87. The first-order valence-corrected chi connectivity index (χ1v) is 13.9. The maximum atomic E-state index is 3.98. The number of hydrogen-bond acceptors (Lipinski definition) is 2. The number of anilines is 1. The van der Waals surface area contributed by atoms with E-state index in [0.29, 0.717) is 0 Å². The molecule has 0 aliphatic carbocycles. The molecule has 2 atom stereocenters. The molecule has 6 aromatic carbocycles. The van der Waals surface area contributed by atoms with E-state index in [4.69, 9.17) is 0 Å². The minimum Gasteiger partial charge on any atom is -0.352 e. The van der Waals surface area contributed by atoms with Gasteiger partial charge in [0.25, 0.3) is 0 Å². The summed E-state index contributed by atoms with van der Waals surface area (Å²) < 4.78 is 4.79. The van der Waals surface area contributed by atoms with Crippen molar-refractivity contribution in [2.24, 2.45) is 0 Å². The summed E-state index contributed by atoms with van der Waals surface area (Å²) in [5.74, 6) is 0. The minimum atomic E-state index is -0.130. The molecule has 0 saturated carbocycles. The van der Waals surface area contributed by atoms with E-state index in [2.05, 4.69) is 153 Å². The van der Waals surface area contributed by atoms with Gasteiger partial charge in [-0.2, -0.15) is 0 Å². The van der Waals surface area contributed by atoms with Gasteiger partial charge in [0.1, 0.15) is 0 Å². The van der Waals surface area contributed by atoms with Gasteiger partial charge >= 0.3 is 0 Å². The molecule has 2 unspecified atom stereocenters. The summed E-state index contributed by atoms with van der Waals surface area (Å²) in [6.45, 7) is 0. The number of rotatable bonds is 3. The first-order chi connectivity index (χ1) is 19.8. The Balaban J connectivity index is 1.33. The minimum absolute atomic E-state index is 0.0740. The fourth-order valence-corrected chi connectivity index (χ4v) is 6.87. The van der Waals surface area contributed by atoms with Crippen LogP contribution in [0.2, 0.25) is 0 Å². The standard InChI is InChI=1S/C36H26N4/c1-3-10-24(11-4-1)34-27-15-7-8-16-29(27)37-36(38-34)40-30-17-9-12-23-18-19-28-33(32(23)30)31(40)22-25-20-21-39(35(25)28)26-13-5-2-6-14-26/h1-22,34,36-38H. The van der Waals surface area contributed by atoms with Crippen LogP contribution in [0.25, 0.3) is 49.2 Å². The molecule has 40 heavy (non-hydrogen) atoms. The molecule has 190 valence electrons. The largest absolute Gasteiger partial charge is 0.352 e. The predicted octanol–water partition coefficient (Wildman–Crippen LogP) is 8.59. The van der Waals surface area contributed by atoms with Crippen molar-refractivity contribution in [3.05, 3.63) is 145 Å². The first kappa shape index (κ1) is 21.8. The normalized spacial score (nSPS) is 17.1. The van der Waals surface area contributed by atoms with Gasteiger partial charge < -0.3 is 14.5 Å². The molecule has 0 saturated heterocycles. The van der Waals surface area contributed by atoms with E-state index in [1.807, 2.05) is 0 Å². The Hall–Kier alpha value is -5.06. The van der Waals surface area contributed by atoms with Crippen molar-refractivity contribution in [1.82, 2.24) is 14.5 Å². The number of fused-ring (bicyclic) bond motifs is 3. The van der Waals surface area contributed by atoms with Crippen LogP contribution in [-0.4, -0.2) is 9.13 Å². The number of aromatic nitrogens is 2. The Labute approximate surface area is 231 Å². The molecular formula is C36H26N4. The van der Waals surface area contributed by atoms with Gasteiger partial charge in [-0.3, -0.25) is 5.32 Å². The smallest absolute Gasteiger partial charge is 0.160 e.